The van der Waals surface area contributed by atoms with E-state index in [0.717, 1.165) is 17.7 Å². The predicted molar refractivity (Wildman–Crippen MR) is 114 cm³/mol. The molecule has 3 atom stereocenters. The maximum atomic E-state index is 13.6. The third-order valence-corrected chi connectivity index (χ3v) is 7.10. The molecular formula is C23H23N5O3. The van der Waals surface area contributed by atoms with E-state index in [0.29, 0.717) is 12.1 Å². The summed E-state index contributed by atoms with van der Waals surface area (Å²) in [5.74, 6) is -0.590. The average Bonchev–Trinajstić information content (AvgIpc) is 3.45. The molecule has 3 aliphatic rings. The minimum atomic E-state index is -0.688. The fourth-order valence-electron chi connectivity index (χ4n) is 5.46. The second-order valence-corrected chi connectivity index (χ2v) is 8.79. The summed E-state index contributed by atoms with van der Waals surface area (Å²) in [6, 6.07) is 6.98. The Bertz CT molecular complexity index is 1140. The number of hydrogen-bond acceptors (Lipinski definition) is 4. The van der Waals surface area contributed by atoms with Gasteiger partial charge in [-0.1, -0.05) is 38.1 Å². The summed E-state index contributed by atoms with van der Waals surface area (Å²) in [5, 5.41) is 2.76. The number of aromatic amines is 1. The number of piperazine rings is 1. The minimum absolute atomic E-state index is 0.152. The van der Waals surface area contributed by atoms with Crippen molar-refractivity contribution in [3.63, 3.8) is 0 Å². The third-order valence-electron chi connectivity index (χ3n) is 7.10. The van der Waals surface area contributed by atoms with Gasteiger partial charge in [0.15, 0.2) is 0 Å². The topological polar surface area (TPSA) is 98.4 Å². The van der Waals surface area contributed by atoms with Crippen molar-refractivity contribution in [3.8, 4) is 0 Å². The van der Waals surface area contributed by atoms with E-state index in [1.165, 1.54) is 6.33 Å². The van der Waals surface area contributed by atoms with Crippen LogP contribution in [0.4, 0.5) is 5.69 Å². The van der Waals surface area contributed by atoms with Gasteiger partial charge in [0.25, 0.3) is 5.91 Å². The molecule has 3 unspecified atom stereocenters. The molecule has 2 fully saturated rings. The predicted octanol–water partition coefficient (Wildman–Crippen LogP) is 1.93. The Kier molecular flexibility index (Phi) is 3.99. The Hall–Kier alpha value is -3.68. The Labute approximate surface area is 179 Å². The molecule has 5 rings (SSSR count). The number of rotatable bonds is 4. The second kappa shape index (κ2) is 6.41. The number of amides is 3. The van der Waals surface area contributed by atoms with Crippen LogP contribution in [0.2, 0.25) is 0 Å². The van der Waals surface area contributed by atoms with Crippen LogP contribution in [0.5, 0.6) is 0 Å². The molecule has 158 valence electrons. The molecule has 2 saturated heterocycles. The summed E-state index contributed by atoms with van der Waals surface area (Å²) in [6.07, 6.45) is 7.00. The fourth-order valence-corrected chi connectivity index (χ4v) is 5.46. The number of aromatic nitrogens is 2. The molecular weight excluding hydrogens is 394 g/mol. The molecule has 0 bridgehead atoms. The van der Waals surface area contributed by atoms with Crippen LogP contribution >= 0.6 is 0 Å². The lowest BCUT2D eigenvalue weighted by atomic mass is 9.60. The number of nitrogens with zero attached hydrogens (tertiary/aromatic N) is 3. The Morgan fingerprint density at radius 1 is 1.29 bits per heavy atom. The Morgan fingerprint density at radius 2 is 2.06 bits per heavy atom. The number of anilines is 1. The molecule has 4 heterocycles. The van der Waals surface area contributed by atoms with Gasteiger partial charge in [0.1, 0.15) is 17.9 Å². The van der Waals surface area contributed by atoms with Crippen LogP contribution in [0, 0.1) is 5.41 Å². The lowest BCUT2D eigenvalue weighted by Gasteiger charge is -2.45. The molecule has 0 radical (unpaired) electrons. The van der Waals surface area contributed by atoms with Crippen molar-refractivity contribution in [3.05, 3.63) is 66.4 Å². The monoisotopic (exact) mass is 417 g/mol. The van der Waals surface area contributed by atoms with Crippen LogP contribution in [0.25, 0.3) is 6.08 Å². The molecule has 2 aromatic rings. The van der Waals surface area contributed by atoms with E-state index < -0.39 is 23.0 Å². The van der Waals surface area contributed by atoms with Crippen molar-refractivity contribution in [2.45, 2.75) is 37.9 Å². The SMILES string of the molecule is C=CC(C)(C)C12CC3C(=O)N/C(=C\c4cnc[nH]4)C(=O)N3C1N(C=O)c1ccccc12. The first-order chi connectivity index (χ1) is 14.9. The molecule has 3 amide bonds. The van der Waals surface area contributed by atoms with Crippen molar-refractivity contribution in [2.24, 2.45) is 5.41 Å². The van der Waals surface area contributed by atoms with Gasteiger partial charge in [-0.05, 0) is 29.5 Å². The van der Waals surface area contributed by atoms with Crippen LogP contribution in [0.15, 0.2) is 55.1 Å². The number of carbonyl (C=O) groups excluding carboxylic acids is 3. The second-order valence-electron chi connectivity index (χ2n) is 8.79. The van der Waals surface area contributed by atoms with Crippen LogP contribution in [-0.2, 0) is 19.8 Å². The highest BCUT2D eigenvalue weighted by Gasteiger charge is 2.69. The zero-order chi connectivity index (χ0) is 22.0. The maximum absolute atomic E-state index is 13.6. The zero-order valence-electron chi connectivity index (χ0n) is 17.3. The molecule has 0 spiro atoms. The van der Waals surface area contributed by atoms with Crippen molar-refractivity contribution in [2.75, 3.05) is 4.90 Å². The number of carbonyl (C=O) groups is 3. The summed E-state index contributed by atoms with van der Waals surface area (Å²) >= 11 is 0. The largest absolute Gasteiger partial charge is 0.345 e. The van der Waals surface area contributed by atoms with Crippen molar-refractivity contribution >= 4 is 30.0 Å². The molecule has 2 N–H and O–H groups in total. The van der Waals surface area contributed by atoms with E-state index in [4.69, 9.17) is 0 Å². The number of hydrogen-bond donors (Lipinski definition) is 2. The first-order valence-corrected chi connectivity index (χ1v) is 10.2. The van der Waals surface area contributed by atoms with Crippen LogP contribution < -0.4 is 10.2 Å². The summed E-state index contributed by atoms with van der Waals surface area (Å²) in [5.41, 5.74) is 1.28. The van der Waals surface area contributed by atoms with E-state index in [1.807, 2.05) is 44.2 Å². The standard InChI is InChI=1S/C23H23N5O3/c1-4-22(2,3)23-10-18-19(30)26-16(9-14-11-24-12-25-14)20(31)28(18)21(23)27(13-29)17-8-6-5-7-15(17)23/h4-9,11-13,18,21H,1,10H2,2-3H3,(H,24,25)(H,26,30)/b16-9-. The van der Waals surface area contributed by atoms with Crippen molar-refractivity contribution < 1.29 is 14.4 Å². The molecule has 3 aliphatic heterocycles. The number of nitrogens with one attached hydrogen (secondary N) is 2. The fraction of sp³-hybridized carbons (Fsp3) is 0.304. The highest BCUT2D eigenvalue weighted by atomic mass is 16.2. The van der Waals surface area contributed by atoms with E-state index in [1.54, 1.807) is 22.1 Å². The lowest BCUT2D eigenvalue weighted by Crippen LogP contribution is -2.61. The molecule has 8 nitrogen and oxygen atoms in total. The van der Waals surface area contributed by atoms with Gasteiger partial charge in [-0.25, -0.2) is 4.98 Å². The minimum Gasteiger partial charge on any atom is -0.345 e. The smallest absolute Gasteiger partial charge is 0.272 e. The average molecular weight is 417 g/mol. The van der Waals surface area contributed by atoms with Gasteiger partial charge in [-0.15, -0.1) is 6.58 Å². The third kappa shape index (κ3) is 2.35. The summed E-state index contributed by atoms with van der Waals surface area (Å²) in [7, 11) is 0. The molecule has 1 aromatic carbocycles. The van der Waals surface area contributed by atoms with Crippen LogP contribution in [0.1, 0.15) is 31.5 Å². The summed E-state index contributed by atoms with van der Waals surface area (Å²) < 4.78 is 0. The summed E-state index contributed by atoms with van der Waals surface area (Å²) in [4.78, 5) is 49.1. The number of allylic oxidation sites excluding steroid dienone is 1. The van der Waals surface area contributed by atoms with Crippen LogP contribution in [-0.4, -0.2) is 45.3 Å². The Balaban J connectivity index is 1.71. The highest BCUT2D eigenvalue weighted by Crippen LogP contribution is 2.62. The normalized spacial score (nSPS) is 28.3. The van der Waals surface area contributed by atoms with Gasteiger partial charge in [-0.3, -0.25) is 19.3 Å². The van der Waals surface area contributed by atoms with E-state index in [9.17, 15) is 14.4 Å². The molecule has 0 aliphatic carbocycles. The molecule has 0 saturated carbocycles. The van der Waals surface area contributed by atoms with Gasteiger partial charge >= 0.3 is 0 Å². The van der Waals surface area contributed by atoms with E-state index >= 15 is 0 Å². The first kappa shape index (κ1) is 19.3. The molecule has 8 heteroatoms. The van der Waals surface area contributed by atoms with Gasteiger partial charge in [0, 0.05) is 11.1 Å². The molecule has 1 aromatic heterocycles. The van der Waals surface area contributed by atoms with Gasteiger partial charge in [0.2, 0.25) is 12.3 Å². The quantitative estimate of drug-likeness (QED) is 0.451. The Morgan fingerprint density at radius 3 is 2.74 bits per heavy atom. The molecule has 31 heavy (non-hydrogen) atoms. The number of imidazole rings is 1. The van der Waals surface area contributed by atoms with E-state index in [-0.39, 0.29) is 17.5 Å². The highest BCUT2D eigenvalue weighted by molar-refractivity contribution is 6.09. The number of fused-ring (bicyclic) bond motifs is 5. The van der Waals surface area contributed by atoms with Gasteiger partial charge < -0.3 is 15.2 Å². The van der Waals surface area contributed by atoms with Crippen LogP contribution in [0.3, 0.4) is 0 Å². The van der Waals surface area contributed by atoms with Crippen molar-refractivity contribution in [1.82, 2.24) is 20.2 Å². The van der Waals surface area contributed by atoms with Gasteiger partial charge in [0.05, 0.1) is 18.2 Å². The van der Waals surface area contributed by atoms with Gasteiger partial charge in [-0.2, -0.15) is 0 Å². The number of H-pyrrole nitrogens is 1. The maximum Gasteiger partial charge on any atom is 0.272 e. The lowest BCUT2D eigenvalue weighted by molar-refractivity contribution is -0.142. The summed E-state index contributed by atoms with van der Waals surface area (Å²) in [6.45, 7) is 8.13. The number of para-hydroxylation sites is 1. The first-order valence-electron chi connectivity index (χ1n) is 10.2. The van der Waals surface area contributed by atoms with Crippen molar-refractivity contribution in [1.29, 1.82) is 0 Å². The zero-order valence-corrected chi connectivity index (χ0v) is 17.3. The number of benzene rings is 1. The van der Waals surface area contributed by atoms with E-state index in [2.05, 4.69) is 21.9 Å².